The molecule has 1 rings (SSSR count). The smallest absolute Gasteiger partial charge is 0.416 e. The fraction of sp³-hybridized carbons (Fsp3) is 0.588. The van der Waals surface area contributed by atoms with E-state index in [-0.39, 0.29) is 37.7 Å². The highest BCUT2D eigenvalue weighted by Gasteiger charge is 2.31. The van der Waals surface area contributed by atoms with E-state index in [0.29, 0.717) is 12.5 Å². The molecule has 0 saturated carbocycles. The Labute approximate surface area is 145 Å². The second-order valence-corrected chi connectivity index (χ2v) is 5.82. The summed E-state index contributed by atoms with van der Waals surface area (Å²) < 4.78 is 54.1. The van der Waals surface area contributed by atoms with Crippen LogP contribution >= 0.6 is 0 Å². The van der Waals surface area contributed by atoms with E-state index in [1.165, 1.54) is 13.2 Å². The van der Waals surface area contributed by atoms with Gasteiger partial charge in [0.25, 0.3) is 0 Å². The Morgan fingerprint density at radius 1 is 1.20 bits per heavy atom. The van der Waals surface area contributed by atoms with Gasteiger partial charge in [0.1, 0.15) is 12.4 Å². The molecule has 0 unspecified atom stereocenters. The van der Waals surface area contributed by atoms with Crippen LogP contribution in [-0.2, 0) is 20.4 Å². The third-order valence-corrected chi connectivity index (χ3v) is 3.05. The molecule has 25 heavy (non-hydrogen) atoms. The lowest BCUT2D eigenvalue weighted by molar-refractivity contribution is -0.137. The maximum atomic E-state index is 12.9. The molecule has 0 saturated heterocycles. The number of hydrogen-bond acceptors (Lipinski definition) is 4. The Morgan fingerprint density at radius 2 is 1.92 bits per heavy atom. The monoisotopic (exact) mass is 363 g/mol. The van der Waals surface area contributed by atoms with Crippen LogP contribution in [0.2, 0.25) is 0 Å². The first-order valence-electron chi connectivity index (χ1n) is 7.94. The number of benzene rings is 1. The van der Waals surface area contributed by atoms with Crippen LogP contribution in [0, 0.1) is 5.92 Å². The molecule has 1 aromatic rings. The fourth-order valence-corrected chi connectivity index (χ4v) is 1.86. The van der Waals surface area contributed by atoms with Crippen molar-refractivity contribution in [1.82, 2.24) is 0 Å². The lowest BCUT2D eigenvalue weighted by Gasteiger charge is -2.15. The molecule has 0 heterocycles. The predicted molar refractivity (Wildman–Crippen MR) is 87.7 cm³/mol. The highest BCUT2D eigenvalue weighted by atomic mass is 19.4. The number of methoxy groups -OCH3 is 1. The molecular weight excluding hydrogens is 339 g/mol. The van der Waals surface area contributed by atoms with Gasteiger partial charge in [-0.25, -0.2) is 0 Å². The summed E-state index contributed by atoms with van der Waals surface area (Å²) in [5.41, 5.74) is -0.891. The van der Waals surface area contributed by atoms with Crippen LogP contribution in [0.1, 0.15) is 25.8 Å². The molecule has 142 valence electrons. The molecule has 0 bridgehead atoms. The minimum absolute atomic E-state index is 0.0280. The Morgan fingerprint density at radius 3 is 2.52 bits per heavy atom. The number of carbonyl (C=O) groups excluding carboxylic acids is 1. The van der Waals surface area contributed by atoms with Crippen LogP contribution in [0.5, 0.6) is 5.75 Å². The number of hydrogen-bond donors (Lipinski definition) is 1. The molecule has 1 aromatic carbocycles. The number of anilines is 1. The van der Waals surface area contributed by atoms with Crippen molar-refractivity contribution in [3.63, 3.8) is 0 Å². The second-order valence-electron chi connectivity index (χ2n) is 5.82. The number of alkyl halides is 3. The Balaban J connectivity index is 2.76. The van der Waals surface area contributed by atoms with Crippen molar-refractivity contribution >= 4 is 11.6 Å². The number of amides is 1. The predicted octanol–water partition coefficient (Wildman–Crippen LogP) is 3.73. The van der Waals surface area contributed by atoms with Crippen LogP contribution < -0.4 is 10.1 Å². The van der Waals surface area contributed by atoms with Gasteiger partial charge in [0.15, 0.2) is 0 Å². The van der Waals surface area contributed by atoms with Gasteiger partial charge in [-0.15, -0.1) is 0 Å². The summed E-state index contributed by atoms with van der Waals surface area (Å²) in [6, 6.07) is 2.95. The summed E-state index contributed by atoms with van der Waals surface area (Å²) >= 11 is 0. The highest BCUT2D eigenvalue weighted by Crippen LogP contribution is 2.35. The van der Waals surface area contributed by atoms with Crippen LogP contribution in [0.4, 0.5) is 18.9 Å². The lowest BCUT2D eigenvalue weighted by Crippen LogP contribution is -2.17. The van der Waals surface area contributed by atoms with Crippen molar-refractivity contribution in [2.75, 3.05) is 38.9 Å². The molecule has 0 fully saturated rings. The molecule has 0 atom stereocenters. The topological polar surface area (TPSA) is 56.8 Å². The van der Waals surface area contributed by atoms with E-state index in [1.807, 2.05) is 13.8 Å². The van der Waals surface area contributed by atoms with Crippen LogP contribution in [0.25, 0.3) is 0 Å². The first kappa shape index (κ1) is 21.2. The Hall–Kier alpha value is -1.80. The van der Waals surface area contributed by atoms with E-state index in [0.717, 1.165) is 12.1 Å². The molecule has 0 aromatic heterocycles. The van der Waals surface area contributed by atoms with Gasteiger partial charge in [-0.1, -0.05) is 13.8 Å². The van der Waals surface area contributed by atoms with Gasteiger partial charge in [0, 0.05) is 13.7 Å². The standard InChI is InChI=1S/C17H24F3NO4/c1-12(2)11-24-7-6-16(22)21-14-10-13(17(18,19)20)4-5-15(14)25-9-8-23-3/h4-5,10,12H,6-9,11H2,1-3H3,(H,21,22). The minimum Gasteiger partial charge on any atom is -0.489 e. The molecule has 8 heteroatoms. The molecule has 0 spiro atoms. The SMILES string of the molecule is COCCOc1ccc(C(F)(F)F)cc1NC(=O)CCOCC(C)C. The van der Waals surface area contributed by atoms with E-state index in [2.05, 4.69) is 5.32 Å². The largest absolute Gasteiger partial charge is 0.489 e. The van der Waals surface area contributed by atoms with Crippen molar-refractivity contribution in [3.8, 4) is 5.75 Å². The molecule has 1 amide bonds. The van der Waals surface area contributed by atoms with Crippen LogP contribution in [-0.4, -0.2) is 39.4 Å². The summed E-state index contributed by atoms with van der Waals surface area (Å²) in [6.45, 7) is 5.10. The van der Waals surface area contributed by atoms with Crippen LogP contribution in [0.15, 0.2) is 18.2 Å². The van der Waals surface area contributed by atoms with Crippen molar-refractivity contribution in [1.29, 1.82) is 0 Å². The minimum atomic E-state index is -4.51. The van der Waals surface area contributed by atoms with Gasteiger partial charge in [-0.3, -0.25) is 4.79 Å². The van der Waals surface area contributed by atoms with Crippen molar-refractivity contribution in [2.24, 2.45) is 5.92 Å². The zero-order valence-electron chi connectivity index (χ0n) is 14.6. The molecular formula is C17H24F3NO4. The highest BCUT2D eigenvalue weighted by molar-refractivity contribution is 5.92. The normalized spacial score (nSPS) is 11.6. The summed E-state index contributed by atoms with van der Waals surface area (Å²) in [4.78, 5) is 11.9. The molecule has 5 nitrogen and oxygen atoms in total. The summed E-state index contributed by atoms with van der Waals surface area (Å²) in [6.07, 6.45) is -4.47. The van der Waals surface area contributed by atoms with Gasteiger partial charge in [-0.2, -0.15) is 13.2 Å². The zero-order valence-corrected chi connectivity index (χ0v) is 14.6. The molecule has 0 aliphatic heterocycles. The van der Waals surface area contributed by atoms with E-state index in [9.17, 15) is 18.0 Å². The quantitative estimate of drug-likeness (QED) is 0.644. The van der Waals surface area contributed by atoms with Gasteiger partial charge >= 0.3 is 6.18 Å². The molecule has 1 N–H and O–H groups in total. The molecule has 0 aliphatic rings. The van der Waals surface area contributed by atoms with Crippen molar-refractivity contribution in [3.05, 3.63) is 23.8 Å². The van der Waals surface area contributed by atoms with Gasteiger partial charge in [0.05, 0.1) is 30.9 Å². The second kappa shape index (κ2) is 10.2. The van der Waals surface area contributed by atoms with Crippen molar-refractivity contribution in [2.45, 2.75) is 26.4 Å². The third kappa shape index (κ3) is 8.22. The number of ether oxygens (including phenoxy) is 3. The third-order valence-electron chi connectivity index (χ3n) is 3.05. The van der Waals surface area contributed by atoms with E-state index in [1.54, 1.807) is 0 Å². The number of rotatable bonds is 10. The Bertz CT molecular complexity index is 547. The van der Waals surface area contributed by atoms with Crippen molar-refractivity contribution < 1.29 is 32.2 Å². The number of nitrogens with one attached hydrogen (secondary N) is 1. The summed E-state index contributed by atoms with van der Waals surface area (Å²) in [5.74, 6) is 0.0495. The van der Waals surface area contributed by atoms with E-state index in [4.69, 9.17) is 14.2 Å². The average molecular weight is 363 g/mol. The zero-order chi connectivity index (χ0) is 18.9. The van der Waals surface area contributed by atoms with Gasteiger partial charge in [-0.05, 0) is 24.1 Å². The first-order chi connectivity index (χ1) is 11.7. The number of halogens is 3. The van der Waals surface area contributed by atoms with Gasteiger partial charge in [0.2, 0.25) is 5.91 Å². The van der Waals surface area contributed by atoms with E-state index < -0.39 is 17.6 Å². The Kier molecular flexibility index (Phi) is 8.71. The molecule has 0 aliphatic carbocycles. The summed E-state index contributed by atoms with van der Waals surface area (Å²) in [7, 11) is 1.48. The maximum absolute atomic E-state index is 12.9. The van der Waals surface area contributed by atoms with E-state index >= 15 is 0 Å². The van der Waals surface area contributed by atoms with Gasteiger partial charge < -0.3 is 19.5 Å². The fourth-order valence-electron chi connectivity index (χ4n) is 1.86. The first-order valence-corrected chi connectivity index (χ1v) is 7.94. The molecule has 0 radical (unpaired) electrons. The summed E-state index contributed by atoms with van der Waals surface area (Å²) in [5, 5.41) is 2.45. The lowest BCUT2D eigenvalue weighted by atomic mass is 10.1. The number of carbonyl (C=O) groups is 1. The average Bonchev–Trinajstić information content (AvgIpc) is 2.52. The van der Waals surface area contributed by atoms with Crippen LogP contribution in [0.3, 0.4) is 0 Å². The maximum Gasteiger partial charge on any atom is 0.416 e.